The van der Waals surface area contributed by atoms with Crippen LogP contribution >= 0.6 is 0 Å². The molecule has 5 aliphatic rings. The Balaban J connectivity index is 1.15. The molecular weight excluding hydrogens is 414 g/mol. The molecule has 4 bridgehead atoms. The molecule has 7 heteroatoms. The van der Waals surface area contributed by atoms with Crippen molar-refractivity contribution in [2.45, 2.75) is 70.3 Å². The van der Waals surface area contributed by atoms with Crippen molar-refractivity contribution in [3.63, 3.8) is 0 Å². The van der Waals surface area contributed by atoms with Crippen LogP contribution < -0.4 is 5.32 Å². The maximum Gasteiger partial charge on any atom is 0.271 e. The standard InChI is InChI=1S/C26H37N5O2/c1-3-27-25(32)22-14-31-23(13-28-22)24(16(2)29-31)19-4-6-30(7-5-19)15-26(33)20-9-17-8-18(11-20)12-21(26)10-17/h13-14,17-21,33H,3-12,15H2,1-2H3,(H,27,32). The van der Waals surface area contributed by atoms with Crippen molar-refractivity contribution in [2.75, 3.05) is 26.2 Å². The summed E-state index contributed by atoms with van der Waals surface area (Å²) in [4.78, 5) is 19.1. The molecule has 0 spiro atoms. The van der Waals surface area contributed by atoms with E-state index < -0.39 is 5.60 Å². The van der Waals surface area contributed by atoms with E-state index >= 15 is 0 Å². The number of aromatic nitrogens is 3. The van der Waals surface area contributed by atoms with Gasteiger partial charge in [-0.1, -0.05) is 0 Å². The zero-order chi connectivity index (χ0) is 22.7. The molecule has 0 radical (unpaired) electrons. The van der Waals surface area contributed by atoms with Crippen LogP contribution in [0.25, 0.3) is 5.52 Å². The minimum absolute atomic E-state index is 0.162. The SMILES string of the molecule is CCNC(=O)c1cn2nc(C)c(C3CCN(CC4(O)C5CC6CC(C5)CC4C6)CC3)c2cn1. The molecule has 1 saturated heterocycles. The normalized spacial score (nSPS) is 34.3. The first-order valence-corrected chi connectivity index (χ1v) is 13.0. The maximum absolute atomic E-state index is 12.2. The fraction of sp³-hybridized carbons (Fsp3) is 0.731. The molecule has 33 heavy (non-hydrogen) atoms. The second-order valence-corrected chi connectivity index (χ2v) is 11.3. The van der Waals surface area contributed by atoms with Crippen molar-refractivity contribution < 1.29 is 9.90 Å². The van der Waals surface area contributed by atoms with Crippen molar-refractivity contribution in [1.29, 1.82) is 0 Å². The largest absolute Gasteiger partial charge is 0.388 e. The van der Waals surface area contributed by atoms with Crippen molar-refractivity contribution >= 4 is 11.4 Å². The lowest BCUT2D eigenvalue weighted by atomic mass is 9.49. The van der Waals surface area contributed by atoms with E-state index in [0.717, 1.165) is 55.5 Å². The molecule has 2 aromatic rings. The molecular formula is C26H37N5O2. The minimum Gasteiger partial charge on any atom is -0.388 e. The van der Waals surface area contributed by atoms with Crippen molar-refractivity contribution in [3.8, 4) is 0 Å². The van der Waals surface area contributed by atoms with Gasteiger partial charge in [-0.05, 0) is 101 Å². The fourth-order valence-electron chi connectivity index (χ4n) is 7.95. The quantitative estimate of drug-likeness (QED) is 0.730. The van der Waals surface area contributed by atoms with Crippen molar-refractivity contribution in [3.05, 3.63) is 29.3 Å². The van der Waals surface area contributed by atoms with Gasteiger partial charge in [-0.15, -0.1) is 0 Å². The van der Waals surface area contributed by atoms with Crippen molar-refractivity contribution in [2.24, 2.45) is 23.7 Å². The summed E-state index contributed by atoms with van der Waals surface area (Å²) in [6.45, 7) is 7.47. The molecule has 1 amide bonds. The van der Waals surface area contributed by atoms with Crippen LogP contribution in [-0.2, 0) is 0 Å². The van der Waals surface area contributed by atoms with Gasteiger partial charge in [-0.25, -0.2) is 9.50 Å². The van der Waals surface area contributed by atoms with E-state index in [4.69, 9.17) is 5.10 Å². The van der Waals surface area contributed by atoms with Crippen LogP contribution in [0.15, 0.2) is 12.4 Å². The summed E-state index contributed by atoms with van der Waals surface area (Å²) in [5, 5.41) is 19.3. The first-order chi connectivity index (χ1) is 15.9. The Morgan fingerprint density at radius 1 is 1.15 bits per heavy atom. The van der Waals surface area contributed by atoms with Crippen molar-refractivity contribution in [1.82, 2.24) is 24.8 Å². The van der Waals surface area contributed by atoms with Crippen LogP contribution in [-0.4, -0.2) is 62.3 Å². The first-order valence-electron chi connectivity index (χ1n) is 13.0. The molecule has 4 aliphatic carbocycles. The number of piperidine rings is 1. The lowest BCUT2D eigenvalue weighted by Crippen LogP contribution is -2.62. The van der Waals surface area contributed by atoms with E-state index in [1.54, 1.807) is 6.20 Å². The van der Waals surface area contributed by atoms with Gasteiger partial charge < -0.3 is 15.3 Å². The molecule has 0 unspecified atom stereocenters. The Labute approximate surface area is 195 Å². The number of likely N-dealkylation sites (tertiary alicyclic amines) is 1. The number of hydrogen-bond donors (Lipinski definition) is 2. The molecule has 3 heterocycles. The predicted octanol–water partition coefficient (Wildman–Crippen LogP) is 3.15. The van der Waals surface area contributed by atoms with Gasteiger partial charge in [-0.3, -0.25) is 4.79 Å². The summed E-state index contributed by atoms with van der Waals surface area (Å²) in [6, 6.07) is 0. The van der Waals surface area contributed by atoms with E-state index in [0.29, 0.717) is 30.0 Å². The Morgan fingerprint density at radius 3 is 2.45 bits per heavy atom. The van der Waals surface area contributed by atoms with E-state index in [9.17, 15) is 9.90 Å². The Kier molecular flexibility index (Phi) is 5.25. The highest BCUT2D eigenvalue weighted by Gasteiger charge is 2.56. The summed E-state index contributed by atoms with van der Waals surface area (Å²) in [5.74, 6) is 3.12. The number of rotatable bonds is 5. The fourth-order valence-corrected chi connectivity index (χ4v) is 7.95. The van der Waals surface area contributed by atoms with Crippen LogP contribution in [0.4, 0.5) is 0 Å². The number of aryl methyl sites for hydroxylation is 1. The highest BCUT2D eigenvalue weighted by molar-refractivity contribution is 5.92. The number of amides is 1. The van der Waals surface area contributed by atoms with E-state index in [1.165, 1.54) is 37.7 Å². The van der Waals surface area contributed by atoms with Gasteiger partial charge in [0.25, 0.3) is 5.91 Å². The molecule has 2 N–H and O–H groups in total. The third-order valence-corrected chi connectivity index (χ3v) is 9.34. The lowest BCUT2D eigenvalue weighted by molar-refractivity contribution is -0.183. The maximum atomic E-state index is 12.2. The van der Waals surface area contributed by atoms with Gasteiger partial charge >= 0.3 is 0 Å². The average Bonchev–Trinajstić information content (AvgIpc) is 3.13. The highest BCUT2D eigenvalue weighted by Crippen LogP contribution is 2.58. The summed E-state index contributed by atoms with van der Waals surface area (Å²) in [5.41, 5.74) is 3.26. The topological polar surface area (TPSA) is 82.8 Å². The van der Waals surface area contributed by atoms with Gasteiger partial charge in [0.2, 0.25) is 0 Å². The zero-order valence-corrected chi connectivity index (χ0v) is 20.0. The van der Waals surface area contributed by atoms with Gasteiger partial charge in [0.1, 0.15) is 5.69 Å². The number of fused-ring (bicyclic) bond motifs is 1. The van der Waals surface area contributed by atoms with Crippen LogP contribution in [0, 0.1) is 30.6 Å². The minimum atomic E-state index is -0.458. The third-order valence-electron chi connectivity index (χ3n) is 9.34. The third kappa shape index (κ3) is 3.59. The number of β-amino-alcohol motifs (C(OH)–C–C–N with tert-alkyl or cyclic N) is 1. The molecule has 7 nitrogen and oxygen atoms in total. The smallest absolute Gasteiger partial charge is 0.271 e. The second kappa shape index (κ2) is 8.05. The van der Waals surface area contributed by atoms with Crippen LogP contribution in [0.5, 0.6) is 0 Å². The van der Waals surface area contributed by atoms with Gasteiger partial charge in [0, 0.05) is 18.7 Å². The summed E-state index contributed by atoms with van der Waals surface area (Å²) < 4.78 is 1.83. The number of nitrogens with zero attached hydrogens (tertiary/aromatic N) is 4. The Morgan fingerprint density at radius 2 is 1.82 bits per heavy atom. The number of aliphatic hydroxyl groups is 1. The molecule has 4 saturated carbocycles. The zero-order valence-electron chi connectivity index (χ0n) is 20.0. The summed E-state index contributed by atoms with van der Waals surface area (Å²) in [7, 11) is 0. The average molecular weight is 452 g/mol. The van der Waals surface area contributed by atoms with Crippen LogP contribution in [0.3, 0.4) is 0 Å². The lowest BCUT2D eigenvalue weighted by Gasteiger charge is -2.60. The molecule has 7 rings (SSSR count). The predicted molar refractivity (Wildman–Crippen MR) is 126 cm³/mol. The molecule has 0 atom stereocenters. The molecule has 0 aromatic carbocycles. The second-order valence-electron chi connectivity index (χ2n) is 11.3. The van der Waals surface area contributed by atoms with E-state index in [-0.39, 0.29) is 5.91 Å². The van der Waals surface area contributed by atoms with Crippen LogP contribution in [0.1, 0.15) is 79.5 Å². The molecule has 5 fully saturated rings. The number of hydrogen-bond acceptors (Lipinski definition) is 5. The van der Waals surface area contributed by atoms with E-state index in [1.807, 2.05) is 17.6 Å². The Bertz CT molecular complexity index is 1030. The van der Waals surface area contributed by atoms with Crippen LogP contribution in [0.2, 0.25) is 0 Å². The number of carbonyl (C=O) groups is 1. The van der Waals surface area contributed by atoms with E-state index in [2.05, 4.69) is 22.1 Å². The number of nitrogens with one attached hydrogen (secondary N) is 1. The Hall–Kier alpha value is -1.99. The van der Waals surface area contributed by atoms with Gasteiger partial charge in [-0.2, -0.15) is 5.10 Å². The number of carbonyl (C=O) groups excluding carboxylic acids is 1. The summed E-state index contributed by atoms with van der Waals surface area (Å²) in [6.07, 6.45) is 12.2. The monoisotopic (exact) mass is 451 g/mol. The molecule has 1 aliphatic heterocycles. The van der Waals surface area contributed by atoms with Gasteiger partial charge in [0.15, 0.2) is 0 Å². The highest BCUT2D eigenvalue weighted by atomic mass is 16.3. The summed E-state index contributed by atoms with van der Waals surface area (Å²) >= 11 is 0. The molecule has 178 valence electrons. The molecule has 2 aromatic heterocycles. The van der Waals surface area contributed by atoms with Gasteiger partial charge in [0.05, 0.1) is 29.2 Å². The first kappa shape index (κ1) is 21.5.